The monoisotopic (exact) mass is 354 g/mol. The van der Waals surface area contributed by atoms with Gasteiger partial charge in [0.1, 0.15) is 12.4 Å². The van der Waals surface area contributed by atoms with E-state index in [2.05, 4.69) is 5.32 Å². The minimum absolute atomic E-state index is 0.0251. The van der Waals surface area contributed by atoms with Crippen molar-refractivity contribution in [3.8, 4) is 5.75 Å². The molecule has 2 aromatic carbocycles. The summed E-state index contributed by atoms with van der Waals surface area (Å²) in [5, 5.41) is 2.78. The molecule has 0 atom stereocenters. The molecule has 0 spiro atoms. The zero-order valence-electron chi connectivity index (χ0n) is 15.6. The molecule has 26 heavy (non-hydrogen) atoms. The fraction of sp³-hybridized carbons (Fsp3) is 0.333. The Bertz CT molecular complexity index is 758. The van der Waals surface area contributed by atoms with E-state index in [0.717, 1.165) is 16.9 Å². The van der Waals surface area contributed by atoms with E-state index in [9.17, 15) is 9.59 Å². The third-order valence-corrected chi connectivity index (χ3v) is 4.11. The van der Waals surface area contributed by atoms with Gasteiger partial charge in [0.25, 0.3) is 5.91 Å². The summed E-state index contributed by atoms with van der Waals surface area (Å²) in [5.74, 6) is 0.647. The lowest BCUT2D eigenvalue weighted by Crippen LogP contribution is -2.34. The molecule has 0 heterocycles. The maximum Gasteiger partial charge on any atom is 0.251 e. The van der Waals surface area contributed by atoms with Gasteiger partial charge in [0.15, 0.2) is 0 Å². The number of aryl methyl sites for hydroxylation is 2. The van der Waals surface area contributed by atoms with Crippen molar-refractivity contribution in [2.75, 3.05) is 26.7 Å². The second-order valence-electron chi connectivity index (χ2n) is 6.30. The second kappa shape index (κ2) is 9.61. The fourth-order valence-corrected chi connectivity index (χ4v) is 2.50. The van der Waals surface area contributed by atoms with Crippen molar-refractivity contribution in [3.63, 3.8) is 0 Å². The Labute approximate surface area is 155 Å². The van der Waals surface area contributed by atoms with Crippen LogP contribution in [0.5, 0.6) is 5.75 Å². The van der Waals surface area contributed by atoms with Crippen LogP contribution in [-0.2, 0) is 4.79 Å². The van der Waals surface area contributed by atoms with Gasteiger partial charge >= 0.3 is 0 Å². The van der Waals surface area contributed by atoms with E-state index in [1.54, 1.807) is 18.0 Å². The highest BCUT2D eigenvalue weighted by atomic mass is 16.5. The first kappa shape index (κ1) is 19.5. The van der Waals surface area contributed by atoms with Crippen molar-refractivity contribution in [3.05, 3.63) is 65.2 Å². The van der Waals surface area contributed by atoms with Crippen molar-refractivity contribution < 1.29 is 14.3 Å². The van der Waals surface area contributed by atoms with Crippen LogP contribution in [0.25, 0.3) is 0 Å². The summed E-state index contributed by atoms with van der Waals surface area (Å²) >= 11 is 0. The molecule has 2 aromatic rings. The van der Waals surface area contributed by atoms with Crippen LogP contribution >= 0.6 is 0 Å². The van der Waals surface area contributed by atoms with Crippen molar-refractivity contribution in [1.82, 2.24) is 10.2 Å². The lowest BCUT2D eigenvalue weighted by Gasteiger charge is -2.18. The van der Waals surface area contributed by atoms with E-state index in [4.69, 9.17) is 4.74 Å². The summed E-state index contributed by atoms with van der Waals surface area (Å²) in [5.41, 5.74) is 2.71. The highest BCUT2D eigenvalue weighted by molar-refractivity contribution is 5.94. The van der Waals surface area contributed by atoms with Gasteiger partial charge in [-0.3, -0.25) is 9.59 Å². The average molecular weight is 354 g/mol. The van der Waals surface area contributed by atoms with Crippen molar-refractivity contribution >= 4 is 11.8 Å². The van der Waals surface area contributed by atoms with Crippen LogP contribution in [0.2, 0.25) is 0 Å². The first-order valence-corrected chi connectivity index (χ1v) is 8.74. The van der Waals surface area contributed by atoms with Crippen molar-refractivity contribution in [2.24, 2.45) is 0 Å². The highest BCUT2D eigenvalue weighted by Gasteiger charge is 2.10. The van der Waals surface area contributed by atoms with Crippen LogP contribution in [0.15, 0.2) is 48.5 Å². The number of carbonyl (C=O) groups is 2. The Morgan fingerprint density at radius 2 is 1.85 bits per heavy atom. The van der Waals surface area contributed by atoms with Crippen molar-refractivity contribution in [2.45, 2.75) is 20.3 Å². The lowest BCUT2D eigenvalue weighted by molar-refractivity contribution is -0.130. The van der Waals surface area contributed by atoms with Gasteiger partial charge in [-0.1, -0.05) is 35.9 Å². The summed E-state index contributed by atoms with van der Waals surface area (Å²) in [7, 11) is 1.74. The van der Waals surface area contributed by atoms with Crippen molar-refractivity contribution in [1.29, 1.82) is 0 Å². The molecule has 0 aliphatic heterocycles. The SMILES string of the molecule is Cc1cccc(C(=O)NCCC(=O)N(C)CCOc2ccccc2C)c1. The van der Waals surface area contributed by atoms with E-state index in [0.29, 0.717) is 25.3 Å². The van der Waals surface area contributed by atoms with Gasteiger partial charge in [0.2, 0.25) is 5.91 Å². The number of hydrogen-bond donors (Lipinski definition) is 1. The predicted molar refractivity (Wildman–Crippen MR) is 102 cm³/mol. The first-order chi connectivity index (χ1) is 12.5. The Balaban J connectivity index is 1.68. The maximum absolute atomic E-state index is 12.1. The molecule has 0 unspecified atom stereocenters. The molecule has 0 fully saturated rings. The van der Waals surface area contributed by atoms with Gasteiger partial charge < -0.3 is 15.0 Å². The molecule has 1 N–H and O–H groups in total. The summed E-state index contributed by atoms with van der Waals surface area (Å²) in [6, 6.07) is 15.2. The van der Waals surface area contributed by atoms with E-state index in [-0.39, 0.29) is 18.2 Å². The number of likely N-dealkylation sites (N-methyl/N-ethyl adjacent to an activating group) is 1. The molecule has 0 radical (unpaired) electrons. The predicted octanol–water partition coefficient (Wildman–Crippen LogP) is 2.96. The summed E-state index contributed by atoms with van der Waals surface area (Å²) in [4.78, 5) is 25.8. The molecule has 0 saturated heterocycles. The van der Waals surface area contributed by atoms with Gasteiger partial charge in [-0.05, 0) is 37.6 Å². The first-order valence-electron chi connectivity index (χ1n) is 8.74. The average Bonchev–Trinajstić information content (AvgIpc) is 2.63. The maximum atomic E-state index is 12.1. The number of para-hydroxylation sites is 1. The Morgan fingerprint density at radius 3 is 2.58 bits per heavy atom. The normalized spacial score (nSPS) is 10.3. The largest absolute Gasteiger partial charge is 0.491 e. The molecular weight excluding hydrogens is 328 g/mol. The fourth-order valence-electron chi connectivity index (χ4n) is 2.50. The van der Waals surface area contributed by atoms with Gasteiger partial charge in [0.05, 0.1) is 6.54 Å². The zero-order valence-corrected chi connectivity index (χ0v) is 15.6. The van der Waals surface area contributed by atoms with Gasteiger partial charge in [-0.25, -0.2) is 0 Å². The summed E-state index contributed by atoms with van der Waals surface area (Å²) in [6.45, 7) is 5.17. The molecule has 0 aromatic heterocycles. The standard InChI is InChI=1S/C21H26N2O3/c1-16-7-6-9-18(15-16)21(25)22-12-11-20(24)23(3)13-14-26-19-10-5-4-8-17(19)2/h4-10,15H,11-14H2,1-3H3,(H,22,25). The molecule has 0 saturated carbocycles. The van der Waals surface area contributed by atoms with E-state index < -0.39 is 0 Å². The van der Waals surface area contributed by atoms with E-state index in [1.165, 1.54) is 0 Å². The van der Waals surface area contributed by atoms with Gasteiger partial charge in [-0.15, -0.1) is 0 Å². The highest BCUT2D eigenvalue weighted by Crippen LogP contribution is 2.15. The Morgan fingerprint density at radius 1 is 1.08 bits per heavy atom. The molecule has 5 nitrogen and oxygen atoms in total. The number of rotatable bonds is 8. The Kier molecular flexibility index (Phi) is 7.21. The van der Waals surface area contributed by atoms with Crippen LogP contribution in [-0.4, -0.2) is 43.5 Å². The lowest BCUT2D eigenvalue weighted by atomic mass is 10.1. The number of amides is 2. The number of nitrogens with one attached hydrogen (secondary N) is 1. The number of nitrogens with zero attached hydrogens (tertiary/aromatic N) is 1. The van der Waals surface area contributed by atoms with Crippen LogP contribution in [0, 0.1) is 13.8 Å². The number of hydrogen-bond acceptors (Lipinski definition) is 3. The molecule has 2 amide bonds. The summed E-state index contributed by atoms with van der Waals surface area (Å²) in [6.07, 6.45) is 0.262. The minimum Gasteiger partial charge on any atom is -0.491 e. The molecule has 138 valence electrons. The van der Waals surface area contributed by atoms with Gasteiger partial charge in [-0.2, -0.15) is 0 Å². The molecule has 5 heteroatoms. The molecule has 0 aliphatic carbocycles. The Hall–Kier alpha value is -2.82. The van der Waals surface area contributed by atoms with E-state index >= 15 is 0 Å². The minimum atomic E-state index is -0.160. The summed E-state index contributed by atoms with van der Waals surface area (Å²) < 4.78 is 5.71. The van der Waals surface area contributed by atoms with Crippen LogP contribution in [0.3, 0.4) is 0 Å². The third-order valence-electron chi connectivity index (χ3n) is 4.11. The molecule has 0 aliphatic rings. The topological polar surface area (TPSA) is 58.6 Å². The third kappa shape index (κ3) is 5.92. The quantitative estimate of drug-likeness (QED) is 0.793. The molecular formula is C21H26N2O3. The molecule has 2 rings (SSSR count). The van der Waals surface area contributed by atoms with E-state index in [1.807, 2.05) is 56.3 Å². The second-order valence-corrected chi connectivity index (χ2v) is 6.30. The smallest absolute Gasteiger partial charge is 0.251 e. The number of ether oxygens (including phenoxy) is 1. The molecule has 0 bridgehead atoms. The number of carbonyl (C=O) groups excluding carboxylic acids is 2. The zero-order chi connectivity index (χ0) is 18.9. The van der Waals surface area contributed by atoms with Crippen LogP contribution in [0.1, 0.15) is 27.9 Å². The van der Waals surface area contributed by atoms with Crippen LogP contribution < -0.4 is 10.1 Å². The van der Waals surface area contributed by atoms with Gasteiger partial charge in [0, 0.05) is 25.6 Å². The number of benzene rings is 2. The van der Waals surface area contributed by atoms with Crippen LogP contribution in [0.4, 0.5) is 0 Å².